The molecule has 1 aliphatic heterocycles. The number of nitrogens with one attached hydrogen (secondary N) is 1. The molecule has 1 atom stereocenters. The van der Waals surface area contributed by atoms with Gasteiger partial charge in [0.25, 0.3) is 0 Å². The number of carbonyl (C=O) groups is 2. The van der Waals surface area contributed by atoms with E-state index in [9.17, 15) is 9.59 Å². The minimum absolute atomic E-state index is 0.0300. The summed E-state index contributed by atoms with van der Waals surface area (Å²) in [7, 11) is 0. The molecule has 0 bridgehead atoms. The van der Waals surface area contributed by atoms with E-state index in [2.05, 4.69) is 15.1 Å². The largest absolute Gasteiger partial charge is 0.465 e. The predicted molar refractivity (Wildman–Crippen MR) is 117 cm³/mol. The standard InChI is InChI=1S/C23H28ClN3O3/c1-2-30-22(29)17-27-14-12-26(13-15-27)16-21(28)25-23(18-6-4-3-5-7-18)19-8-10-20(24)11-9-19/h3-11,23H,2,12-17H2,1H3,(H,25,28)/t23-/m0/s1. The maximum Gasteiger partial charge on any atom is 0.320 e. The van der Waals surface area contributed by atoms with Gasteiger partial charge >= 0.3 is 5.97 Å². The number of hydrogen-bond acceptors (Lipinski definition) is 5. The minimum atomic E-state index is -0.235. The number of nitrogens with zero attached hydrogens (tertiary/aromatic N) is 2. The van der Waals surface area contributed by atoms with E-state index in [1.165, 1.54) is 0 Å². The molecular weight excluding hydrogens is 402 g/mol. The van der Waals surface area contributed by atoms with Gasteiger partial charge in [0.2, 0.25) is 5.91 Å². The molecule has 0 radical (unpaired) electrons. The van der Waals surface area contributed by atoms with Gasteiger partial charge in [0.05, 0.1) is 25.7 Å². The highest BCUT2D eigenvalue weighted by molar-refractivity contribution is 6.30. The van der Waals surface area contributed by atoms with Crippen molar-refractivity contribution >= 4 is 23.5 Å². The number of esters is 1. The summed E-state index contributed by atoms with van der Waals surface area (Å²) >= 11 is 6.03. The van der Waals surface area contributed by atoms with E-state index >= 15 is 0 Å². The Morgan fingerprint density at radius 2 is 1.50 bits per heavy atom. The van der Waals surface area contributed by atoms with Gasteiger partial charge in [0.1, 0.15) is 0 Å². The second-order valence-corrected chi connectivity index (χ2v) is 7.76. The molecule has 0 saturated carbocycles. The van der Waals surface area contributed by atoms with Crippen LogP contribution in [0.1, 0.15) is 24.1 Å². The fourth-order valence-corrected chi connectivity index (χ4v) is 3.69. The second-order valence-electron chi connectivity index (χ2n) is 7.32. The third-order valence-electron chi connectivity index (χ3n) is 5.13. The molecule has 30 heavy (non-hydrogen) atoms. The van der Waals surface area contributed by atoms with E-state index in [0.29, 0.717) is 24.7 Å². The van der Waals surface area contributed by atoms with Crippen LogP contribution in [0.2, 0.25) is 5.02 Å². The van der Waals surface area contributed by atoms with Crippen molar-refractivity contribution in [1.29, 1.82) is 0 Å². The molecule has 1 aliphatic rings. The zero-order chi connectivity index (χ0) is 21.3. The molecule has 1 heterocycles. The number of benzene rings is 2. The second kappa shape index (κ2) is 11.1. The average Bonchev–Trinajstić information content (AvgIpc) is 2.75. The van der Waals surface area contributed by atoms with Crippen LogP contribution >= 0.6 is 11.6 Å². The normalized spacial score (nSPS) is 16.1. The molecule has 160 valence electrons. The highest BCUT2D eigenvalue weighted by Gasteiger charge is 2.23. The third kappa shape index (κ3) is 6.55. The Hall–Kier alpha value is -2.41. The molecule has 1 amide bonds. The highest BCUT2D eigenvalue weighted by atomic mass is 35.5. The third-order valence-corrected chi connectivity index (χ3v) is 5.38. The lowest BCUT2D eigenvalue weighted by Gasteiger charge is -2.34. The van der Waals surface area contributed by atoms with Gasteiger partial charge in [0, 0.05) is 31.2 Å². The van der Waals surface area contributed by atoms with Crippen molar-refractivity contribution in [2.45, 2.75) is 13.0 Å². The van der Waals surface area contributed by atoms with Crippen molar-refractivity contribution in [3.05, 3.63) is 70.7 Å². The lowest BCUT2D eigenvalue weighted by atomic mass is 9.98. The van der Waals surface area contributed by atoms with E-state index in [-0.39, 0.29) is 17.9 Å². The Morgan fingerprint density at radius 1 is 0.933 bits per heavy atom. The smallest absolute Gasteiger partial charge is 0.320 e. The fraction of sp³-hybridized carbons (Fsp3) is 0.391. The van der Waals surface area contributed by atoms with Gasteiger partial charge in [-0.1, -0.05) is 54.1 Å². The van der Waals surface area contributed by atoms with Crippen molar-refractivity contribution in [2.24, 2.45) is 0 Å². The number of piperazine rings is 1. The highest BCUT2D eigenvalue weighted by Crippen LogP contribution is 2.23. The van der Waals surface area contributed by atoms with Gasteiger partial charge in [-0.15, -0.1) is 0 Å². The van der Waals surface area contributed by atoms with E-state index in [1.807, 2.05) is 54.6 Å². The van der Waals surface area contributed by atoms with Crippen LogP contribution in [0.3, 0.4) is 0 Å². The number of rotatable bonds is 8. The molecule has 2 aromatic carbocycles. The quantitative estimate of drug-likeness (QED) is 0.654. The Bertz CT molecular complexity index is 821. The van der Waals surface area contributed by atoms with Crippen LogP contribution in [-0.4, -0.2) is 67.6 Å². The first kappa shape index (κ1) is 22.3. The van der Waals surface area contributed by atoms with Gasteiger partial charge in [-0.3, -0.25) is 19.4 Å². The molecule has 0 aliphatic carbocycles. The number of amides is 1. The molecule has 0 aromatic heterocycles. The van der Waals surface area contributed by atoms with Crippen LogP contribution < -0.4 is 5.32 Å². The first-order valence-electron chi connectivity index (χ1n) is 10.2. The van der Waals surface area contributed by atoms with Crippen molar-refractivity contribution in [1.82, 2.24) is 15.1 Å². The lowest BCUT2D eigenvalue weighted by molar-refractivity contribution is -0.145. The Balaban J connectivity index is 1.56. The van der Waals surface area contributed by atoms with Gasteiger partial charge in [-0.2, -0.15) is 0 Å². The summed E-state index contributed by atoms with van der Waals surface area (Å²) in [6.07, 6.45) is 0. The van der Waals surface area contributed by atoms with Crippen LogP contribution in [0.4, 0.5) is 0 Å². The predicted octanol–water partition coefficient (Wildman–Crippen LogP) is 2.73. The van der Waals surface area contributed by atoms with E-state index in [4.69, 9.17) is 16.3 Å². The molecule has 3 rings (SSSR count). The van der Waals surface area contributed by atoms with Crippen LogP contribution in [0.5, 0.6) is 0 Å². The SMILES string of the molecule is CCOC(=O)CN1CCN(CC(=O)N[C@@H](c2ccccc2)c2ccc(Cl)cc2)CC1. The number of hydrogen-bond donors (Lipinski definition) is 1. The number of halogens is 1. The van der Waals surface area contributed by atoms with Crippen molar-refractivity contribution in [2.75, 3.05) is 45.9 Å². The van der Waals surface area contributed by atoms with Crippen LogP contribution in [0.25, 0.3) is 0 Å². The van der Waals surface area contributed by atoms with Crippen LogP contribution in [0.15, 0.2) is 54.6 Å². The van der Waals surface area contributed by atoms with Gasteiger partial charge in [-0.05, 0) is 30.2 Å². The number of carbonyl (C=O) groups excluding carboxylic acids is 2. The maximum atomic E-state index is 12.8. The molecule has 7 heteroatoms. The molecular formula is C23H28ClN3O3. The van der Waals surface area contributed by atoms with E-state index in [1.54, 1.807) is 6.92 Å². The van der Waals surface area contributed by atoms with Gasteiger partial charge in [-0.25, -0.2) is 0 Å². The van der Waals surface area contributed by atoms with Crippen molar-refractivity contribution < 1.29 is 14.3 Å². The zero-order valence-corrected chi connectivity index (χ0v) is 18.0. The molecule has 1 N–H and O–H groups in total. The average molecular weight is 430 g/mol. The lowest BCUT2D eigenvalue weighted by Crippen LogP contribution is -2.50. The Morgan fingerprint density at radius 3 is 2.10 bits per heavy atom. The summed E-state index contributed by atoms with van der Waals surface area (Å²) in [6.45, 7) is 5.80. The minimum Gasteiger partial charge on any atom is -0.465 e. The zero-order valence-electron chi connectivity index (χ0n) is 17.2. The van der Waals surface area contributed by atoms with E-state index in [0.717, 1.165) is 37.3 Å². The van der Waals surface area contributed by atoms with E-state index < -0.39 is 0 Å². The van der Waals surface area contributed by atoms with Crippen molar-refractivity contribution in [3.63, 3.8) is 0 Å². The fourth-order valence-electron chi connectivity index (χ4n) is 3.56. The summed E-state index contributed by atoms with van der Waals surface area (Å²) in [5.74, 6) is -0.227. The molecule has 1 saturated heterocycles. The van der Waals surface area contributed by atoms with Crippen LogP contribution in [-0.2, 0) is 14.3 Å². The van der Waals surface area contributed by atoms with Gasteiger partial charge in [0.15, 0.2) is 0 Å². The monoisotopic (exact) mass is 429 g/mol. The summed E-state index contributed by atoms with van der Waals surface area (Å²) in [6, 6.07) is 17.2. The summed E-state index contributed by atoms with van der Waals surface area (Å²) in [5, 5.41) is 3.83. The molecule has 2 aromatic rings. The summed E-state index contributed by atoms with van der Waals surface area (Å²) in [4.78, 5) is 28.6. The molecule has 6 nitrogen and oxygen atoms in total. The summed E-state index contributed by atoms with van der Waals surface area (Å²) < 4.78 is 5.00. The summed E-state index contributed by atoms with van der Waals surface area (Å²) in [5.41, 5.74) is 2.01. The Kier molecular flexibility index (Phi) is 8.25. The topological polar surface area (TPSA) is 61.9 Å². The van der Waals surface area contributed by atoms with Gasteiger partial charge < -0.3 is 10.1 Å². The first-order valence-corrected chi connectivity index (χ1v) is 10.6. The first-order chi connectivity index (χ1) is 14.5. The molecule has 0 unspecified atom stereocenters. The molecule has 0 spiro atoms. The van der Waals surface area contributed by atoms with Crippen molar-refractivity contribution in [3.8, 4) is 0 Å². The van der Waals surface area contributed by atoms with Crippen LogP contribution in [0, 0.1) is 0 Å². The maximum absolute atomic E-state index is 12.8. The molecule has 1 fully saturated rings. The number of ether oxygens (including phenoxy) is 1. The Labute approximate surface area is 182 Å².